The number of para-hydroxylation sites is 2. The summed E-state index contributed by atoms with van der Waals surface area (Å²) in [6.07, 6.45) is 1.79. The van der Waals surface area contributed by atoms with E-state index in [9.17, 15) is 0 Å². The Morgan fingerprint density at radius 1 is 0.906 bits per heavy atom. The van der Waals surface area contributed by atoms with E-state index < -0.39 is 0 Å². The van der Waals surface area contributed by atoms with Crippen molar-refractivity contribution < 1.29 is 4.74 Å². The van der Waals surface area contributed by atoms with Crippen molar-refractivity contribution in [1.82, 2.24) is 9.55 Å². The summed E-state index contributed by atoms with van der Waals surface area (Å²) in [6.45, 7) is 3.45. The Labute approximate surface area is 187 Å². The van der Waals surface area contributed by atoms with Crippen LogP contribution in [0.2, 0.25) is 0 Å². The Hall–Kier alpha value is -4.12. The fraction of sp³-hybridized carbons (Fsp3) is 0.111. The van der Waals surface area contributed by atoms with Gasteiger partial charge in [0, 0.05) is 6.54 Å². The Morgan fingerprint density at radius 2 is 1.69 bits per heavy atom. The van der Waals surface area contributed by atoms with Crippen LogP contribution in [0.1, 0.15) is 18.1 Å². The molecule has 0 saturated carbocycles. The van der Waals surface area contributed by atoms with E-state index in [1.807, 2.05) is 42.5 Å². The zero-order valence-corrected chi connectivity index (χ0v) is 17.9. The summed E-state index contributed by atoms with van der Waals surface area (Å²) in [5.41, 5.74) is 7.28. The van der Waals surface area contributed by atoms with E-state index >= 15 is 0 Å². The monoisotopic (exact) mass is 420 g/mol. The lowest BCUT2D eigenvalue weighted by molar-refractivity contribution is 0.307. The molecule has 0 spiro atoms. The Balaban J connectivity index is 1.24. The fourth-order valence-electron chi connectivity index (χ4n) is 3.88. The summed E-state index contributed by atoms with van der Waals surface area (Å²) >= 11 is 0. The van der Waals surface area contributed by atoms with Crippen LogP contribution >= 0.6 is 0 Å². The van der Waals surface area contributed by atoms with Crippen LogP contribution in [0.3, 0.4) is 0 Å². The van der Waals surface area contributed by atoms with E-state index in [-0.39, 0.29) is 0 Å². The van der Waals surface area contributed by atoms with Gasteiger partial charge in [-0.2, -0.15) is 5.10 Å². The van der Waals surface area contributed by atoms with Crippen molar-refractivity contribution in [3.05, 3.63) is 102 Å². The summed E-state index contributed by atoms with van der Waals surface area (Å²) in [5.74, 6) is 1.57. The quantitative estimate of drug-likeness (QED) is 0.251. The van der Waals surface area contributed by atoms with Crippen molar-refractivity contribution in [3.8, 4) is 5.75 Å². The van der Waals surface area contributed by atoms with E-state index in [0.29, 0.717) is 6.61 Å². The maximum atomic E-state index is 6.02. The normalized spacial score (nSPS) is 11.4. The fourth-order valence-corrected chi connectivity index (χ4v) is 3.88. The molecule has 4 aromatic carbocycles. The lowest BCUT2D eigenvalue weighted by Gasteiger charge is -2.09. The van der Waals surface area contributed by atoms with Gasteiger partial charge in [0.25, 0.3) is 0 Å². The first-order valence-corrected chi connectivity index (χ1v) is 10.8. The highest BCUT2D eigenvalue weighted by molar-refractivity contribution is 5.85. The third-order valence-corrected chi connectivity index (χ3v) is 5.50. The summed E-state index contributed by atoms with van der Waals surface area (Å²) in [6, 6.07) is 30.7. The molecule has 0 saturated heterocycles. The molecule has 0 aliphatic rings. The maximum Gasteiger partial charge on any atom is 0.224 e. The minimum atomic E-state index is 0.531. The molecule has 158 valence electrons. The molecular formula is C27H24N4O. The van der Waals surface area contributed by atoms with Gasteiger partial charge in [-0.1, -0.05) is 54.6 Å². The highest BCUT2D eigenvalue weighted by atomic mass is 16.5. The van der Waals surface area contributed by atoms with Crippen LogP contribution in [0.5, 0.6) is 5.75 Å². The van der Waals surface area contributed by atoms with Crippen LogP contribution in [0.25, 0.3) is 21.8 Å². The number of nitrogens with zero attached hydrogens (tertiary/aromatic N) is 3. The Bertz CT molecular complexity index is 1380. The number of aromatic nitrogens is 2. The second-order valence-electron chi connectivity index (χ2n) is 7.53. The average Bonchev–Trinajstić information content (AvgIpc) is 3.21. The van der Waals surface area contributed by atoms with Crippen molar-refractivity contribution in [2.24, 2.45) is 5.10 Å². The third kappa shape index (κ3) is 4.05. The zero-order chi connectivity index (χ0) is 21.8. The molecule has 0 fully saturated rings. The van der Waals surface area contributed by atoms with E-state index in [2.05, 4.69) is 75.5 Å². The molecule has 5 rings (SSSR count). The number of rotatable bonds is 7. The molecule has 0 atom stereocenters. The topological polar surface area (TPSA) is 51.4 Å². The standard InChI is InChI=1S/C27H24N4O/c1-2-31-26-13-6-5-12-25(26)29-27(31)30-28-18-20-14-16-23(17-15-20)32-19-22-10-7-9-21-8-3-4-11-24(21)22/h3-18H,2,19H2,1H3,(H,29,30)/b28-18-. The lowest BCUT2D eigenvalue weighted by atomic mass is 10.1. The minimum Gasteiger partial charge on any atom is -0.489 e. The van der Waals surface area contributed by atoms with Gasteiger partial charge in [0.1, 0.15) is 12.4 Å². The number of hydrogen-bond acceptors (Lipinski definition) is 4. The van der Waals surface area contributed by atoms with Crippen LogP contribution in [0.15, 0.2) is 96.1 Å². The number of hydrogen-bond donors (Lipinski definition) is 1. The molecule has 0 unspecified atom stereocenters. The number of aryl methyl sites for hydroxylation is 1. The molecule has 0 aliphatic heterocycles. The molecule has 0 bridgehead atoms. The maximum absolute atomic E-state index is 6.02. The summed E-state index contributed by atoms with van der Waals surface area (Å²) in [4.78, 5) is 4.62. The van der Waals surface area contributed by atoms with Gasteiger partial charge >= 0.3 is 0 Å². The van der Waals surface area contributed by atoms with Gasteiger partial charge in [-0.3, -0.25) is 0 Å². The highest BCUT2D eigenvalue weighted by Gasteiger charge is 2.07. The van der Waals surface area contributed by atoms with Crippen LogP contribution < -0.4 is 10.2 Å². The van der Waals surface area contributed by atoms with Crippen molar-refractivity contribution >= 4 is 34.0 Å². The molecule has 32 heavy (non-hydrogen) atoms. The van der Waals surface area contributed by atoms with E-state index in [1.165, 1.54) is 16.3 Å². The number of fused-ring (bicyclic) bond motifs is 2. The number of benzene rings is 4. The first-order valence-electron chi connectivity index (χ1n) is 10.8. The summed E-state index contributed by atoms with van der Waals surface area (Å²) in [7, 11) is 0. The number of anilines is 1. The predicted molar refractivity (Wildman–Crippen MR) is 131 cm³/mol. The van der Waals surface area contributed by atoms with Crippen LogP contribution in [0, 0.1) is 0 Å². The lowest BCUT2D eigenvalue weighted by Crippen LogP contribution is -2.01. The second-order valence-corrected chi connectivity index (χ2v) is 7.53. The zero-order valence-electron chi connectivity index (χ0n) is 17.9. The van der Waals surface area contributed by atoms with Gasteiger partial charge in [-0.15, -0.1) is 0 Å². The Morgan fingerprint density at radius 3 is 2.56 bits per heavy atom. The van der Waals surface area contributed by atoms with Crippen LogP contribution in [-0.4, -0.2) is 15.8 Å². The molecule has 5 nitrogen and oxygen atoms in total. The molecule has 5 aromatic rings. The predicted octanol–water partition coefficient (Wildman–Crippen LogP) is 6.23. The van der Waals surface area contributed by atoms with Crippen molar-refractivity contribution in [3.63, 3.8) is 0 Å². The number of imidazole rings is 1. The molecule has 1 heterocycles. The molecule has 0 aliphatic carbocycles. The van der Waals surface area contributed by atoms with Crippen LogP contribution in [-0.2, 0) is 13.2 Å². The first kappa shape index (κ1) is 19.8. The van der Waals surface area contributed by atoms with E-state index in [4.69, 9.17) is 4.74 Å². The van der Waals surface area contributed by atoms with Crippen LogP contribution in [0.4, 0.5) is 5.95 Å². The molecule has 5 heteroatoms. The van der Waals surface area contributed by atoms with Crippen molar-refractivity contribution in [2.75, 3.05) is 5.43 Å². The molecule has 0 radical (unpaired) electrons. The van der Waals surface area contributed by atoms with Gasteiger partial charge in [0.15, 0.2) is 0 Å². The minimum absolute atomic E-state index is 0.531. The summed E-state index contributed by atoms with van der Waals surface area (Å²) < 4.78 is 8.13. The Kier molecular flexibility index (Phi) is 5.54. The SMILES string of the molecule is CCn1c(N/N=C\c2ccc(OCc3cccc4ccccc34)cc2)nc2ccccc21. The number of hydrazone groups is 1. The first-order chi connectivity index (χ1) is 15.8. The van der Waals surface area contributed by atoms with E-state index in [0.717, 1.165) is 34.8 Å². The average molecular weight is 421 g/mol. The smallest absolute Gasteiger partial charge is 0.224 e. The third-order valence-electron chi connectivity index (χ3n) is 5.50. The molecule has 0 amide bonds. The summed E-state index contributed by atoms with van der Waals surface area (Å²) in [5, 5.41) is 6.83. The highest BCUT2D eigenvalue weighted by Crippen LogP contribution is 2.21. The largest absolute Gasteiger partial charge is 0.489 e. The van der Waals surface area contributed by atoms with Gasteiger partial charge in [0.05, 0.1) is 17.2 Å². The van der Waals surface area contributed by atoms with Gasteiger partial charge < -0.3 is 9.30 Å². The van der Waals surface area contributed by atoms with Gasteiger partial charge in [0.2, 0.25) is 5.95 Å². The molecule has 1 aromatic heterocycles. The van der Waals surface area contributed by atoms with Gasteiger partial charge in [-0.25, -0.2) is 10.4 Å². The van der Waals surface area contributed by atoms with Gasteiger partial charge in [-0.05, 0) is 65.2 Å². The van der Waals surface area contributed by atoms with Crippen molar-refractivity contribution in [2.45, 2.75) is 20.1 Å². The van der Waals surface area contributed by atoms with Crippen molar-refractivity contribution in [1.29, 1.82) is 0 Å². The molecule has 1 N–H and O–H groups in total. The number of ether oxygens (including phenoxy) is 1. The second kappa shape index (κ2) is 8.94. The molecular weight excluding hydrogens is 396 g/mol. The number of nitrogens with one attached hydrogen (secondary N) is 1. The van der Waals surface area contributed by atoms with E-state index in [1.54, 1.807) is 6.21 Å².